The molecular formula is C82H54N6O2S3. The van der Waals surface area contributed by atoms with Crippen molar-refractivity contribution in [2.75, 3.05) is 9.80 Å². The van der Waals surface area contributed by atoms with Gasteiger partial charge in [0.1, 0.15) is 27.7 Å². The highest BCUT2D eigenvalue weighted by atomic mass is 32.1. The van der Waals surface area contributed by atoms with E-state index in [1.165, 1.54) is 29.1 Å². The molecule has 442 valence electrons. The summed E-state index contributed by atoms with van der Waals surface area (Å²) in [6.45, 7) is 0. The molecule has 0 atom stereocenters. The van der Waals surface area contributed by atoms with Crippen LogP contribution in [0.15, 0.2) is 297 Å². The van der Waals surface area contributed by atoms with Crippen molar-refractivity contribution in [3.63, 3.8) is 0 Å². The molecular weight excluding hydrogens is 1200 g/mol. The number of thiophene rings is 2. The van der Waals surface area contributed by atoms with E-state index in [4.69, 9.17) is 8.75 Å². The van der Waals surface area contributed by atoms with Crippen molar-refractivity contribution in [2.45, 2.75) is 0 Å². The van der Waals surface area contributed by atoms with Crippen LogP contribution in [0.1, 0.15) is 27.1 Å². The molecule has 93 heavy (non-hydrogen) atoms. The summed E-state index contributed by atoms with van der Waals surface area (Å²) < 4.78 is 12.0. The molecule has 0 unspecified atom stereocenters. The average molecular weight is 1250 g/mol. The maximum Gasteiger partial charge on any atom is 0.346 e. The number of carboxylic acids is 1. The van der Waals surface area contributed by atoms with Crippen LogP contribution in [0.4, 0.5) is 34.1 Å². The molecule has 15 rings (SSSR count). The molecule has 0 fully saturated rings. The molecule has 0 aliphatic carbocycles. The van der Waals surface area contributed by atoms with E-state index < -0.39 is 5.97 Å². The molecule has 0 bridgehead atoms. The van der Waals surface area contributed by atoms with Gasteiger partial charge < -0.3 is 19.5 Å². The summed E-state index contributed by atoms with van der Waals surface area (Å²) in [7, 11) is 0. The number of hydrogen-bond acceptors (Lipinski definition) is 9. The van der Waals surface area contributed by atoms with E-state index in [-0.39, 0.29) is 5.57 Å². The first-order valence-corrected chi connectivity index (χ1v) is 32.7. The van der Waals surface area contributed by atoms with Gasteiger partial charge in [0.05, 0.1) is 22.8 Å². The molecule has 1 N–H and O–H groups in total. The lowest BCUT2D eigenvalue weighted by atomic mass is 9.99. The SMILES string of the molecule is N#C/C(=C/c1ccc(-c2ccc(-c3ccc(-n4c5ccc(-c6ccc(/C=C/c7ccc(N(c8ccccc8)c8ccccc8)cc7)cc6)cc5c5cc(-c6ccc(/C=C/c7ccc(N(c8ccccc8)c8ccccc8)cc7)cc6)ccc54)s3)c3nsnc23)s1)C(=O)O. The minimum atomic E-state index is -1.25. The third-order valence-corrected chi connectivity index (χ3v) is 19.3. The summed E-state index contributed by atoms with van der Waals surface area (Å²) in [6.07, 6.45) is 10.1. The van der Waals surface area contributed by atoms with Crippen molar-refractivity contribution in [3.8, 4) is 54.2 Å². The van der Waals surface area contributed by atoms with E-state index in [9.17, 15) is 15.2 Å². The molecule has 15 aromatic rings. The number of carboxylic acid groups (broad SMARTS) is 1. The Hall–Kier alpha value is -11.8. The molecule has 0 spiro atoms. The van der Waals surface area contributed by atoms with Crippen LogP contribution in [0.5, 0.6) is 0 Å². The number of aromatic nitrogens is 3. The Morgan fingerprint density at radius 2 is 0.774 bits per heavy atom. The first kappa shape index (κ1) is 57.6. The quantitative estimate of drug-likeness (QED) is 0.0551. The van der Waals surface area contributed by atoms with Crippen LogP contribution in [0, 0.1) is 11.3 Å². The summed E-state index contributed by atoms with van der Waals surface area (Å²) in [5.74, 6) is -1.25. The highest BCUT2D eigenvalue weighted by molar-refractivity contribution is 7.18. The molecule has 0 aliphatic rings. The fourth-order valence-corrected chi connectivity index (χ4v) is 14.6. The molecule has 11 heteroatoms. The van der Waals surface area contributed by atoms with E-state index in [1.807, 2.05) is 36.4 Å². The molecule has 11 aromatic carbocycles. The van der Waals surface area contributed by atoms with Crippen LogP contribution in [0.25, 0.3) is 111 Å². The fourth-order valence-electron chi connectivity index (χ4n) is 12.0. The molecule has 0 radical (unpaired) electrons. The van der Waals surface area contributed by atoms with Gasteiger partial charge in [-0.25, -0.2) is 4.79 Å². The first-order chi connectivity index (χ1) is 45.8. The Balaban J connectivity index is 0.732. The molecule has 0 saturated carbocycles. The number of para-hydroxylation sites is 4. The lowest BCUT2D eigenvalue weighted by Gasteiger charge is -2.25. The molecule has 0 amide bonds. The van der Waals surface area contributed by atoms with Gasteiger partial charge in [-0.2, -0.15) is 14.0 Å². The van der Waals surface area contributed by atoms with E-state index >= 15 is 0 Å². The third-order valence-electron chi connectivity index (χ3n) is 16.6. The lowest BCUT2D eigenvalue weighted by Crippen LogP contribution is -2.09. The molecule has 8 nitrogen and oxygen atoms in total. The van der Waals surface area contributed by atoms with Crippen molar-refractivity contribution in [3.05, 3.63) is 324 Å². The van der Waals surface area contributed by atoms with E-state index in [0.29, 0.717) is 4.88 Å². The van der Waals surface area contributed by atoms with Gasteiger partial charge in [0.15, 0.2) is 0 Å². The standard InChI is InChI=1S/C82H54N6O2S3/c83-54-63(82(89)90)51-70-43-48-77(91-70)71-44-45-72(81-80(71)84-93-85-81)78-49-50-79(92-78)88-75-46-37-61(59-33-25-55(26-34-59)21-23-57-29-39-68(40-30-57)86(64-13-5-1-6-14-64)65-15-7-2-8-16-65)52-73(75)74-53-62(38-47-76(74)88)60-35-27-56(28-36-60)22-24-58-31-41-69(42-32-58)87(66-17-9-3-10-18-66)67-19-11-4-12-20-67/h1-53H,(H,89,90)/b23-21+,24-22+,63-51-. The zero-order valence-electron chi connectivity index (χ0n) is 49.9. The van der Waals surface area contributed by atoms with E-state index in [1.54, 1.807) is 17.4 Å². The number of aliphatic carboxylic acids is 1. The Morgan fingerprint density at radius 1 is 0.409 bits per heavy atom. The molecule has 4 heterocycles. The van der Waals surface area contributed by atoms with Crippen LogP contribution in [-0.4, -0.2) is 24.4 Å². The van der Waals surface area contributed by atoms with Crippen LogP contribution >= 0.6 is 34.4 Å². The normalized spacial score (nSPS) is 11.7. The van der Waals surface area contributed by atoms with Gasteiger partial charge >= 0.3 is 5.97 Å². The largest absolute Gasteiger partial charge is 0.477 e. The number of benzene rings is 11. The first-order valence-electron chi connectivity index (χ1n) is 30.3. The van der Waals surface area contributed by atoms with Gasteiger partial charge in [-0.1, -0.05) is 194 Å². The Bertz CT molecular complexity index is 5020. The minimum Gasteiger partial charge on any atom is -0.477 e. The fraction of sp³-hybridized carbons (Fsp3) is 0. The number of fused-ring (bicyclic) bond motifs is 4. The second kappa shape index (κ2) is 25.6. The van der Waals surface area contributed by atoms with Crippen LogP contribution in [0.2, 0.25) is 0 Å². The summed E-state index contributed by atoms with van der Waals surface area (Å²) in [5.41, 5.74) is 20.9. The minimum absolute atomic E-state index is 0.315. The van der Waals surface area contributed by atoms with Crippen molar-refractivity contribution >= 4 is 138 Å². The predicted octanol–water partition coefficient (Wildman–Crippen LogP) is 22.9. The van der Waals surface area contributed by atoms with Crippen LogP contribution in [0.3, 0.4) is 0 Å². The summed E-state index contributed by atoms with van der Waals surface area (Å²) in [6, 6.07) is 105. The van der Waals surface area contributed by atoms with Gasteiger partial charge in [0.2, 0.25) is 0 Å². The Kier molecular flexibility index (Phi) is 15.9. The average Bonchev–Trinajstić information content (AvgIpc) is 1.76. The number of nitrogens with zero attached hydrogens (tertiary/aromatic N) is 6. The number of carbonyl (C=O) groups is 1. The van der Waals surface area contributed by atoms with Crippen LogP contribution in [-0.2, 0) is 4.79 Å². The van der Waals surface area contributed by atoms with Gasteiger partial charge in [0.25, 0.3) is 0 Å². The molecule has 0 aliphatic heterocycles. The monoisotopic (exact) mass is 1250 g/mol. The highest BCUT2D eigenvalue weighted by Gasteiger charge is 2.21. The van der Waals surface area contributed by atoms with Crippen LogP contribution < -0.4 is 9.80 Å². The smallest absolute Gasteiger partial charge is 0.346 e. The summed E-state index contributed by atoms with van der Waals surface area (Å²) >= 11 is 4.29. The van der Waals surface area contributed by atoms with Crippen molar-refractivity contribution in [1.82, 2.24) is 13.3 Å². The second-order valence-electron chi connectivity index (χ2n) is 22.3. The van der Waals surface area contributed by atoms with E-state index in [2.05, 4.69) is 293 Å². The number of rotatable bonds is 17. The molecule has 4 aromatic heterocycles. The van der Waals surface area contributed by atoms with Gasteiger partial charge in [0, 0.05) is 70.7 Å². The lowest BCUT2D eigenvalue weighted by molar-refractivity contribution is -0.132. The second-order valence-corrected chi connectivity index (χ2v) is 25.0. The Labute approximate surface area is 550 Å². The van der Waals surface area contributed by atoms with Gasteiger partial charge in [-0.3, -0.25) is 0 Å². The predicted molar refractivity (Wildman–Crippen MR) is 391 cm³/mol. The number of hydrogen-bond donors (Lipinski definition) is 1. The summed E-state index contributed by atoms with van der Waals surface area (Å²) in [4.78, 5) is 18.8. The Morgan fingerprint density at radius 3 is 1.17 bits per heavy atom. The third kappa shape index (κ3) is 11.9. The van der Waals surface area contributed by atoms with Crippen molar-refractivity contribution in [1.29, 1.82) is 5.26 Å². The maximum atomic E-state index is 11.6. The number of anilines is 6. The van der Waals surface area contributed by atoms with Crippen molar-refractivity contribution in [2.24, 2.45) is 0 Å². The maximum absolute atomic E-state index is 11.6. The van der Waals surface area contributed by atoms with Gasteiger partial charge in [-0.15, -0.1) is 22.7 Å². The van der Waals surface area contributed by atoms with E-state index in [0.717, 1.165) is 137 Å². The summed E-state index contributed by atoms with van der Waals surface area (Å²) in [5, 5.41) is 22.2. The zero-order valence-corrected chi connectivity index (χ0v) is 52.3. The topological polar surface area (TPSA) is 98.3 Å². The highest BCUT2D eigenvalue weighted by Crippen LogP contribution is 2.44. The van der Waals surface area contributed by atoms with Gasteiger partial charge in [-0.05, 0) is 172 Å². The zero-order chi connectivity index (χ0) is 62.6. The van der Waals surface area contributed by atoms with Crippen molar-refractivity contribution < 1.29 is 9.90 Å². The molecule has 0 saturated heterocycles. The number of nitriles is 1.